The Morgan fingerprint density at radius 1 is 1.14 bits per heavy atom. The molecule has 1 aromatic carbocycles. The lowest BCUT2D eigenvalue weighted by Gasteiger charge is -2.10. The van der Waals surface area contributed by atoms with Gasteiger partial charge in [-0.05, 0) is 35.1 Å². The maximum atomic E-state index is 12.1. The van der Waals surface area contributed by atoms with Gasteiger partial charge in [-0.25, -0.2) is 13.1 Å². The van der Waals surface area contributed by atoms with Crippen molar-refractivity contribution in [3.8, 4) is 5.75 Å². The SMILES string of the molecule is CC1(C)C(NS(=O)(=O)CCOc2ccc(N)cc2)C1(C)C. The van der Waals surface area contributed by atoms with E-state index in [-0.39, 0.29) is 29.2 Å². The Morgan fingerprint density at radius 2 is 1.67 bits per heavy atom. The van der Waals surface area contributed by atoms with Gasteiger partial charge in [0.15, 0.2) is 0 Å². The predicted molar refractivity (Wildman–Crippen MR) is 84.6 cm³/mol. The van der Waals surface area contributed by atoms with Crippen LogP contribution in [0.25, 0.3) is 0 Å². The molecule has 0 radical (unpaired) electrons. The summed E-state index contributed by atoms with van der Waals surface area (Å²) in [6.45, 7) is 8.42. The summed E-state index contributed by atoms with van der Waals surface area (Å²) < 4.78 is 32.4. The van der Waals surface area contributed by atoms with Crippen LogP contribution < -0.4 is 15.2 Å². The number of benzene rings is 1. The van der Waals surface area contributed by atoms with Gasteiger partial charge >= 0.3 is 0 Å². The molecule has 0 spiro atoms. The van der Waals surface area contributed by atoms with Crippen LogP contribution in [-0.2, 0) is 10.0 Å². The van der Waals surface area contributed by atoms with Crippen molar-refractivity contribution in [1.29, 1.82) is 0 Å². The molecule has 1 fully saturated rings. The third-order valence-electron chi connectivity index (χ3n) is 4.82. The first kappa shape index (κ1) is 16.1. The monoisotopic (exact) mass is 312 g/mol. The van der Waals surface area contributed by atoms with E-state index in [1.165, 1.54) is 0 Å². The maximum Gasteiger partial charge on any atom is 0.215 e. The lowest BCUT2D eigenvalue weighted by molar-refractivity contribution is 0.340. The highest BCUT2D eigenvalue weighted by atomic mass is 32.2. The van der Waals surface area contributed by atoms with Crippen molar-refractivity contribution in [3.63, 3.8) is 0 Å². The minimum absolute atomic E-state index is 0.0160. The van der Waals surface area contributed by atoms with E-state index < -0.39 is 10.0 Å². The first-order chi connectivity index (χ1) is 9.56. The molecule has 3 N–H and O–H groups in total. The topological polar surface area (TPSA) is 81.4 Å². The van der Waals surface area contributed by atoms with Crippen molar-refractivity contribution in [3.05, 3.63) is 24.3 Å². The highest BCUT2D eigenvalue weighted by Gasteiger charge is 2.65. The number of nitrogens with two attached hydrogens (primary N) is 1. The molecule has 1 aliphatic rings. The first-order valence-corrected chi connectivity index (χ1v) is 8.70. The van der Waals surface area contributed by atoms with E-state index in [9.17, 15) is 8.42 Å². The Bertz CT molecular complexity index is 592. The Balaban J connectivity index is 1.84. The molecule has 0 saturated heterocycles. The van der Waals surface area contributed by atoms with E-state index in [1.54, 1.807) is 24.3 Å². The van der Waals surface area contributed by atoms with E-state index in [1.807, 2.05) is 0 Å². The predicted octanol–water partition coefficient (Wildman–Crippen LogP) is 2.00. The Kier molecular flexibility index (Phi) is 3.97. The molecule has 0 heterocycles. The maximum absolute atomic E-state index is 12.1. The van der Waals surface area contributed by atoms with Gasteiger partial charge < -0.3 is 10.5 Å². The fourth-order valence-corrected chi connectivity index (χ4v) is 3.93. The standard InChI is InChI=1S/C15H24N2O3S/c1-14(2)13(15(14,3)4)17-21(18,19)10-9-20-12-7-5-11(16)6-8-12/h5-8,13,17H,9-10,16H2,1-4H3. The van der Waals surface area contributed by atoms with Crippen molar-refractivity contribution in [2.45, 2.75) is 33.7 Å². The van der Waals surface area contributed by atoms with Crippen molar-refractivity contribution in [2.75, 3.05) is 18.1 Å². The summed E-state index contributed by atoms with van der Waals surface area (Å²) in [7, 11) is -3.34. The van der Waals surface area contributed by atoms with E-state index in [2.05, 4.69) is 32.4 Å². The molecule has 0 bridgehead atoms. The molecule has 1 saturated carbocycles. The summed E-state index contributed by atoms with van der Waals surface area (Å²) in [5, 5.41) is 0. The van der Waals surface area contributed by atoms with Crippen molar-refractivity contribution in [2.24, 2.45) is 10.8 Å². The van der Waals surface area contributed by atoms with Crippen molar-refractivity contribution in [1.82, 2.24) is 4.72 Å². The number of rotatable bonds is 6. The van der Waals surface area contributed by atoms with E-state index in [4.69, 9.17) is 10.5 Å². The van der Waals surface area contributed by atoms with Crippen LogP contribution in [-0.4, -0.2) is 26.8 Å². The number of hydrogen-bond donors (Lipinski definition) is 2. The number of nitrogens with one attached hydrogen (secondary N) is 1. The number of sulfonamides is 1. The molecule has 2 rings (SSSR count). The first-order valence-electron chi connectivity index (χ1n) is 7.04. The third-order valence-corrected chi connectivity index (χ3v) is 6.12. The van der Waals surface area contributed by atoms with Gasteiger partial charge in [0.25, 0.3) is 0 Å². The van der Waals surface area contributed by atoms with Gasteiger partial charge in [0, 0.05) is 11.7 Å². The molecular formula is C15H24N2O3S. The fourth-order valence-electron chi connectivity index (χ4n) is 2.56. The fraction of sp³-hybridized carbons (Fsp3) is 0.600. The summed E-state index contributed by atoms with van der Waals surface area (Å²) in [5.74, 6) is 0.562. The van der Waals surface area contributed by atoms with Crippen LogP contribution in [0.2, 0.25) is 0 Å². The quantitative estimate of drug-likeness (QED) is 0.787. The third kappa shape index (κ3) is 3.32. The van der Waals surface area contributed by atoms with Crippen LogP contribution in [0, 0.1) is 10.8 Å². The van der Waals surface area contributed by atoms with Gasteiger partial charge in [0.2, 0.25) is 10.0 Å². The molecule has 5 nitrogen and oxygen atoms in total. The van der Waals surface area contributed by atoms with E-state index in [0.29, 0.717) is 11.4 Å². The van der Waals surface area contributed by atoms with Crippen LogP contribution >= 0.6 is 0 Å². The van der Waals surface area contributed by atoms with Gasteiger partial charge in [-0.1, -0.05) is 27.7 Å². The highest BCUT2D eigenvalue weighted by Crippen LogP contribution is 2.62. The largest absolute Gasteiger partial charge is 0.492 e. The molecule has 0 aromatic heterocycles. The molecule has 0 unspecified atom stereocenters. The highest BCUT2D eigenvalue weighted by molar-refractivity contribution is 7.89. The molecule has 1 aliphatic carbocycles. The van der Waals surface area contributed by atoms with Crippen LogP contribution in [0.15, 0.2) is 24.3 Å². The van der Waals surface area contributed by atoms with E-state index >= 15 is 0 Å². The zero-order valence-electron chi connectivity index (χ0n) is 13.0. The van der Waals surface area contributed by atoms with E-state index in [0.717, 1.165) is 0 Å². The second kappa shape index (κ2) is 5.18. The average Bonchev–Trinajstić information content (AvgIpc) is 2.74. The summed E-state index contributed by atoms with van der Waals surface area (Å²) >= 11 is 0. The number of anilines is 1. The molecule has 0 aliphatic heterocycles. The lowest BCUT2D eigenvalue weighted by atomic mass is 10.0. The number of nitrogen functional groups attached to an aromatic ring is 1. The summed E-state index contributed by atoms with van der Waals surface area (Å²) in [5.41, 5.74) is 6.19. The van der Waals surface area contributed by atoms with Crippen molar-refractivity contribution < 1.29 is 13.2 Å². The minimum atomic E-state index is -3.34. The summed E-state index contributed by atoms with van der Waals surface area (Å²) in [6, 6.07) is 6.87. The van der Waals surface area contributed by atoms with Gasteiger partial charge in [-0.15, -0.1) is 0 Å². The molecular weight excluding hydrogens is 288 g/mol. The molecule has 6 heteroatoms. The molecule has 0 atom stereocenters. The molecule has 21 heavy (non-hydrogen) atoms. The Morgan fingerprint density at radius 3 is 2.14 bits per heavy atom. The second-order valence-corrected chi connectivity index (χ2v) is 8.60. The van der Waals surface area contributed by atoms with Gasteiger partial charge in [0.05, 0.1) is 5.75 Å². The van der Waals surface area contributed by atoms with Crippen LogP contribution in [0.5, 0.6) is 5.75 Å². The average molecular weight is 312 g/mol. The molecule has 0 amide bonds. The lowest BCUT2D eigenvalue weighted by Crippen LogP contribution is -2.33. The van der Waals surface area contributed by atoms with Gasteiger partial charge in [-0.2, -0.15) is 0 Å². The molecule has 1 aromatic rings. The van der Waals surface area contributed by atoms with Gasteiger partial charge in [0.1, 0.15) is 12.4 Å². The zero-order chi connectivity index (χ0) is 15.9. The normalized spacial score (nSPS) is 20.2. The summed E-state index contributed by atoms with van der Waals surface area (Å²) in [4.78, 5) is 0. The molecule has 118 valence electrons. The van der Waals surface area contributed by atoms with Crippen molar-refractivity contribution >= 4 is 15.7 Å². The van der Waals surface area contributed by atoms with Crippen LogP contribution in [0.1, 0.15) is 27.7 Å². The minimum Gasteiger partial charge on any atom is -0.492 e. The van der Waals surface area contributed by atoms with Crippen LogP contribution in [0.4, 0.5) is 5.69 Å². The Hall–Kier alpha value is -1.27. The number of hydrogen-bond acceptors (Lipinski definition) is 4. The smallest absolute Gasteiger partial charge is 0.215 e. The van der Waals surface area contributed by atoms with Crippen LogP contribution in [0.3, 0.4) is 0 Å². The Labute approximate surface area is 126 Å². The number of ether oxygens (including phenoxy) is 1. The second-order valence-electron chi connectivity index (χ2n) is 6.73. The summed E-state index contributed by atoms with van der Waals surface area (Å²) in [6.07, 6.45) is 0. The van der Waals surface area contributed by atoms with Gasteiger partial charge in [-0.3, -0.25) is 0 Å². The zero-order valence-corrected chi connectivity index (χ0v) is 13.8.